The van der Waals surface area contributed by atoms with Crippen molar-refractivity contribution in [3.63, 3.8) is 0 Å². The average molecular weight is 210 g/mol. The Bertz CT molecular complexity index is 243. The van der Waals surface area contributed by atoms with Crippen molar-refractivity contribution in [3.8, 4) is 0 Å². The summed E-state index contributed by atoms with van der Waals surface area (Å²) in [5, 5.41) is 0. The highest BCUT2D eigenvalue weighted by atomic mass is 32.3. The van der Waals surface area contributed by atoms with E-state index in [9.17, 15) is 8.42 Å². The predicted molar refractivity (Wildman–Crippen MR) is 50.8 cm³/mol. The molecular weight excluding hydrogens is 192 g/mol. The van der Waals surface area contributed by atoms with E-state index in [2.05, 4.69) is 4.18 Å². The zero-order valence-electron chi connectivity index (χ0n) is 8.57. The number of rotatable bonds is 5. The van der Waals surface area contributed by atoms with Gasteiger partial charge in [-0.1, -0.05) is 20.3 Å². The zero-order chi connectivity index (χ0) is 10.7. The van der Waals surface area contributed by atoms with E-state index in [1.54, 1.807) is 13.8 Å². The molecule has 13 heavy (non-hydrogen) atoms. The first-order valence-corrected chi connectivity index (χ1v) is 5.71. The van der Waals surface area contributed by atoms with Crippen LogP contribution in [0, 0.1) is 5.92 Å². The first-order chi connectivity index (χ1) is 5.66. The van der Waals surface area contributed by atoms with Crippen molar-refractivity contribution < 1.29 is 17.2 Å². The van der Waals surface area contributed by atoms with Crippen LogP contribution in [0.3, 0.4) is 0 Å². The third-order valence-corrected chi connectivity index (χ3v) is 2.53. The lowest BCUT2D eigenvalue weighted by atomic mass is 9.93. The maximum absolute atomic E-state index is 10.5. The minimum Gasteiger partial charge on any atom is -0.264 e. The fourth-order valence-electron chi connectivity index (χ4n) is 1.30. The highest BCUT2D eigenvalue weighted by molar-refractivity contribution is 7.80. The first kappa shape index (κ1) is 12.9. The van der Waals surface area contributed by atoms with Gasteiger partial charge in [-0.25, -0.2) is 4.18 Å². The lowest BCUT2D eigenvalue weighted by molar-refractivity contribution is 0.0746. The third kappa shape index (κ3) is 6.98. The Hall–Kier alpha value is -0.130. The molecule has 0 fully saturated rings. The van der Waals surface area contributed by atoms with Gasteiger partial charge < -0.3 is 0 Å². The van der Waals surface area contributed by atoms with E-state index < -0.39 is 16.0 Å². The molecule has 0 radical (unpaired) electrons. The SMILES string of the molecule is CCC(C)CC(C)(C)OS(=O)(=O)O. The van der Waals surface area contributed by atoms with Gasteiger partial charge in [-0.3, -0.25) is 4.55 Å². The van der Waals surface area contributed by atoms with Crippen LogP contribution in [0.1, 0.15) is 40.5 Å². The minimum absolute atomic E-state index is 0.372. The number of hydrogen-bond acceptors (Lipinski definition) is 3. The van der Waals surface area contributed by atoms with Crippen LogP contribution >= 0.6 is 0 Å². The molecule has 0 aromatic rings. The van der Waals surface area contributed by atoms with Gasteiger partial charge in [0.05, 0.1) is 5.60 Å². The van der Waals surface area contributed by atoms with Gasteiger partial charge in [0.15, 0.2) is 0 Å². The Kier molecular flexibility index (Phi) is 4.35. The van der Waals surface area contributed by atoms with Crippen molar-refractivity contribution in [3.05, 3.63) is 0 Å². The van der Waals surface area contributed by atoms with E-state index >= 15 is 0 Å². The van der Waals surface area contributed by atoms with Gasteiger partial charge in [-0.05, 0) is 26.2 Å². The molecule has 4 nitrogen and oxygen atoms in total. The zero-order valence-corrected chi connectivity index (χ0v) is 9.39. The maximum atomic E-state index is 10.5. The van der Waals surface area contributed by atoms with Gasteiger partial charge in [0.1, 0.15) is 0 Å². The summed E-state index contributed by atoms with van der Waals surface area (Å²) in [7, 11) is -4.34. The third-order valence-electron chi connectivity index (χ3n) is 1.87. The Labute approximate surface area is 80.2 Å². The highest BCUT2D eigenvalue weighted by Gasteiger charge is 2.26. The standard InChI is InChI=1S/C8H18O4S/c1-5-7(2)6-8(3,4)12-13(9,10)11/h7H,5-6H2,1-4H3,(H,9,10,11). The Morgan fingerprint density at radius 2 is 1.92 bits per heavy atom. The predicted octanol–water partition coefficient (Wildman–Crippen LogP) is 2.02. The smallest absolute Gasteiger partial charge is 0.264 e. The fourth-order valence-corrected chi connectivity index (χ4v) is 1.94. The molecule has 0 aliphatic carbocycles. The van der Waals surface area contributed by atoms with Crippen molar-refractivity contribution in [2.24, 2.45) is 5.92 Å². The minimum atomic E-state index is -4.34. The highest BCUT2D eigenvalue weighted by Crippen LogP contribution is 2.23. The van der Waals surface area contributed by atoms with E-state index in [0.717, 1.165) is 6.42 Å². The van der Waals surface area contributed by atoms with E-state index in [0.29, 0.717) is 12.3 Å². The largest absolute Gasteiger partial charge is 0.397 e. The Balaban J connectivity index is 4.24. The summed E-state index contributed by atoms with van der Waals surface area (Å²) in [6, 6.07) is 0. The molecule has 0 heterocycles. The van der Waals surface area contributed by atoms with Gasteiger partial charge >= 0.3 is 10.4 Å². The molecule has 0 rings (SSSR count). The van der Waals surface area contributed by atoms with Crippen molar-refractivity contribution >= 4 is 10.4 Å². The number of hydrogen-bond donors (Lipinski definition) is 1. The van der Waals surface area contributed by atoms with Gasteiger partial charge in [-0.2, -0.15) is 8.42 Å². The molecule has 0 aliphatic rings. The molecule has 0 spiro atoms. The summed E-state index contributed by atoms with van der Waals surface area (Å²) in [6.07, 6.45) is 1.56. The molecule has 0 saturated heterocycles. The lowest BCUT2D eigenvalue weighted by Gasteiger charge is -2.25. The summed E-state index contributed by atoms with van der Waals surface area (Å²) in [6.45, 7) is 7.32. The van der Waals surface area contributed by atoms with Gasteiger partial charge in [0, 0.05) is 0 Å². The molecule has 0 saturated carbocycles. The molecule has 5 heteroatoms. The van der Waals surface area contributed by atoms with E-state index in [1.807, 2.05) is 13.8 Å². The van der Waals surface area contributed by atoms with Crippen LogP contribution in [0.5, 0.6) is 0 Å². The summed E-state index contributed by atoms with van der Waals surface area (Å²) < 4.78 is 33.9. The van der Waals surface area contributed by atoms with E-state index in [4.69, 9.17) is 4.55 Å². The Morgan fingerprint density at radius 3 is 2.23 bits per heavy atom. The van der Waals surface area contributed by atoms with Gasteiger partial charge in [-0.15, -0.1) is 0 Å². The summed E-state index contributed by atoms with van der Waals surface area (Å²) >= 11 is 0. The van der Waals surface area contributed by atoms with Crippen LogP contribution < -0.4 is 0 Å². The lowest BCUT2D eigenvalue weighted by Crippen LogP contribution is -2.29. The van der Waals surface area contributed by atoms with Gasteiger partial charge in [0.25, 0.3) is 0 Å². The molecule has 0 aliphatic heterocycles. The quantitative estimate of drug-likeness (QED) is 0.705. The first-order valence-electron chi connectivity index (χ1n) is 4.34. The average Bonchev–Trinajstić information content (AvgIpc) is 1.80. The molecule has 80 valence electrons. The van der Waals surface area contributed by atoms with Crippen LogP contribution in [-0.2, 0) is 14.6 Å². The summed E-state index contributed by atoms with van der Waals surface area (Å²) in [4.78, 5) is 0. The topological polar surface area (TPSA) is 63.6 Å². The molecule has 1 atom stereocenters. The van der Waals surface area contributed by atoms with Crippen molar-refractivity contribution in [1.82, 2.24) is 0 Å². The normalized spacial score (nSPS) is 15.8. The van der Waals surface area contributed by atoms with Crippen molar-refractivity contribution in [2.45, 2.75) is 46.1 Å². The summed E-state index contributed by atoms with van der Waals surface area (Å²) in [5.41, 5.74) is -0.830. The molecule has 0 bridgehead atoms. The summed E-state index contributed by atoms with van der Waals surface area (Å²) in [5.74, 6) is 0.372. The molecule has 1 unspecified atom stereocenters. The van der Waals surface area contributed by atoms with Gasteiger partial charge in [0.2, 0.25) is 0 Å². The maximum Gasteiger partial charge on any atom is 0.397 e. The van der Waals surface area contributed by atoms with Crippen molar-refractivity contribution in [1.29, 1.82) is 0 Å². The molecule has 0 aromatic heterocycles. The monoisotopic (exact) mass is 210 g/mol. The second-order valence-corrected chi connectivity index (χ2v) is 5.01. The van der Waals surface area contributed by atoms with Crippen LogP contribution in [0.25, 0.3) is 0 Å². The van der Waals surface area contributed by atoms with Crippen LogP contribution in [-0.4, -0.2) is 18.6 Å². The second kappa shape index (κ2) is 4.39. The molecule has 0 aromatic carbocycles. The van der Waals surface area contributed by atoms with Crippen molar-refractivity contribution in [2.75, 3.05) is 0 Å². The fraction of sp³-hybridized carbons (Fsp3) is 1.00. The Morgan fingerprint density at radius 1 is 1.46 bits per heavy atom. The second-order valence-electron chi connectivity index (χ2n) is 3.99. The molecular formula is C8H18O4S. The van der Waals surface area contributed by atoms with E-state index in [1.165, 1.54) is 0 Å². The molecule has 0 amide bonds. The van der Waals surface area contributed by atoms with Crippen LogP contribution in [0.15, 0.2) is 0 Å². The molecule has 1 N–H and O–H groups in total. The van der Waals surface area contributed by atoms with Crippen LogP contribution in [0.4, 0.5) is 0 Å². The van der Waals surface area contributed by atoms with Crippen LogP contribution in [0.2, 0.25) is 0 Å². The van der Waals surface area contributed by atoms with E-state index in [-0.39, 0.29) is 0 Å².